The second-order valence-corrected chi connectivity index (χ2v) is 8.92. The molecule has 4 heterocycles. The minimum absolute atomic E-state index is 0.186. The number of carbonyl (C=O) groups is 1. The van der Waals surface area contributed by atoms with E-state index in [-0.39, 0.29) is 10.7 Å². The number of benzene rings is 1. The van der Waals surface area contributed by atoms with E-state index in [9.17, 15) is 18.0 Å². The Morgan fingerprint density at radius 1 is 1.10 bits per heavy atom. The van der Waals surface area contributed by atoms with E-state index in [0.29, 0.717) is 26.4 Å². The second-order valence-electron chi connectivity index (χ2n) is 6.98. The minimum atomic E-state index is -4.58. The van der Waals surface area contributed by atoms with E-state index in [4.69, 9.17) is 0 Å². The topological polar surface area (TPSA) is 54.0 Å². The lowest BCUT2D eigenvalue weighted by Crippen LogP contribution is -2.37. The Morgan fingerprint density at radius 3 is 2.53 bits per heavy atom. The molecule has 2 N–H and O–H groups in total. The molecule has 30 heavy (non-hydrogen) atoms. The van der Waals surface area contributed by atoms with Crippen LogP contribution in [0.1, 0.15) is 32.7 Å². The van der Waals surface area contributed by atoms with Crippen LogP contribution in [-0.4, -0.2) is 10.9 Å². The summed E-state index contributed by atoms with van der Waals surface area (Å²) in [7, 11) is 0. The van der Waals surface area contributed by atoms with Crippen molar-refractivity contribution in [2.45, 2.75) is 19.3 Å². The van der Waals surface area contributed by atoms with Crippen molar-refractivity contribution < 1.29 is 18.0 Å². The highest BCUT2D eigenvalue weighted by Gasteiger charge is 2.36. The molecule has 0 spiro atoms. The molecule has 0 saturated heterocycles. The van der Waals surface area contributed by atoms with Crippen LogP contribution in [0.2, 0.25) is 0 Å². The fourth-order valence-corrected chi connectivity index (χ4v) is 5.28. The molecule has 0 fully saturated rings. The number of hydrogen-bond acceptors (Lipinski definition) is 5. The third-order valence-electron chi connectivity index (χ3n) is 4.92. The fraction of sp³-hybridized carbons (Fsp3) is 0.143. The van der Waals surface area contributed by atoms with Crippen molar-refractivity contribution in [1.29, 1.82) is 0 Å². The predicted molar refractivity (Wildman–Crippen MR) is 113 cm³/mol. The zero-order chi connectivity index (χ0) is 21.0. The van der Waals surface area contributed by atoms with Gasteiger partial charge in [0.2, 0.25) is 0 Å². The lowest BCUT2D eigenvalue weighted by molar-refractivity contribution is -0.140. The average Bonchev–Trinajstić information content (AvgIpc) is 3.35. The molecular formula is C21H14F3N3OS2. The highest BCUT2D eigenvalue weighted by molar-refractivity contribution is 7.21. The summed E-state index contributed by atoms with van der Waals surface area (Å²) in [5.74, 6) is -0.331. The van der Waals surface area contributed by atoms with Gasteiger partial charge in [-0.1, -0.05) is 35.9 Å². The molecule has 1 aliphatic rings. The zero-order valence-corrected chi connectivity index (χ0v) is 17.1. The van der Waals surface area contributed by atoms with Gasteiger partial charge in [-0.3, -0.25) is 4.79 Å². The molecule has 1 atom stereocenters. The van der Waals surface area contributed by atoms with Gasteiger partial charge in [0.1, 0.15) is 21.6 Å². The van der Waals surface area contributed by atoms with Gasteiger partial charge in [-0.05, 0) is 30.0 Å². The molecule has 0 bridgehead atoms. The maximum Gasteiger partial charge on any atom is 0.433 e. The lowest BCUT2D eigenvalue weighted by Gasteiger charge is -2.26. The Balaban J connectivity index is 1.72. The molecule has 0 saturated carbocycles. The number of amides is 1. The lowest BCUT2D eigenvalue weighted by atomic mass is 10.0. The van der Waals surface area contributed by atoms with E-state index < -0.39 is 18.0 Å². The number of hydrogen-bond donors (Lipinski definition) is 2. The number of fused-ring (bicyclic) bond motifs is 3. The van der Waals surface area contributed by atoms with Gasteiger partial charge in [-0.15, -0.1) is 22.7 Å². The monoisotopic (exact) mass is 445 g/mol. The Bertz CT molecular complexity index is 1260. The van der Waals surface area contributed by atoms with Crippen molar-refractivity contribution in [3.8, 4) is 10.4 Å². The number of rotatable bonds is 2. The normalized spacial score (nSPS) is 16.3. The zero-order valence-electron chi connectivity index (χ0n) is 15.5. The Kier molecular flexibility index (Phi) is 4.33. The summed E-state index contributed by atoms with van der Waals surface area (Å²) in [4.78, 5) is 17.8. The van der Waals surface area contributed by atoms with Crippen LogP contribution in [0, 0.1) is 6.92 Å². The molecule has 3 aromatic heterocycles. The van der Waals surface area contributed by atoms with Gasteiger partial charge in [-0.2, -0.15) is 13.2 Å². The van der Waals surface area contributed by atoms with Crippen molar-refractivity contribution in [2.24, 2.45) is 0 Å². The van der Waals surface area contributed by atoms with E-state index in [1.807, 2.05) is 36.6 Å². The molecule has 1 amide bonds. The number of carbonyl (C=O) groups excluding carboxylic acids is 1. The second kappa shape index (κ2) is 6.82. The summed E-state index contributed by atoms with van der Waals surface area (Å²) in [5, 5.41) is 8.54. The molecule has 9 heteroatoms. The van der Waals surface area contributed by atoms with E-state index >= 15 is 0 Å². The van der Waals surface area contributed by atoms with Gasteiger partial charge in [0.05, 0.1) is 5.69 Å². The number of alkyl halides is 3. The third-order valence-corrected chi connectivity index (χ3v) is 6.91. The maximum atomic E-state index is 13.5. The Hall–Kier alpha value is -2.91. The van der Waals surface area contributed by atoms with Crippen LogP contribution in [0.5, 0.6) is 0 Å². The number of aryl methyl sites for hydroxylation is 1. The highest BCUT2D eigenvalue weighted by atomic mass is 32.1. The molecular weight excluding hydrogens is 431 g/mol. The summed E-state index contributed by atoms with van der Waals surface area (Å²) < 4.78 is 40.4. The number of halogens is 3. The van der Waals surface area contributed by atoms with Crippen molar-refractivity contribution >= 4 is 44.5 Å². The first-order valence-corrected chi connectivity index (χ1v) is 10.7. The number of thiophene rings is 2. The van der Waals surface area contributed by atoms with Gasteiger partial charge >= 0.3 is 6.18 Å². The van der Waals surface area contributed by atoms with E-state index in [0.717, 1.165) is 28.5 Å². The average molecular weight is 445 g/mol. The van der Waals surface area contributed by atoms with Crippen LogP contribution in [0.4, 0.5) is 18.9 Å². The molecule has 4 nitrogen and oxygen atoms in total. The van der Waals surface area contributed by atoms with E-state index in [1.165, 1.54) is 11.3 Å². The van der Waals surface area contributed by atoms with Crippen LogP contribution in [0.3, 0.4) is 0 Å². The predicted octanol–water partition coefficient (Wildman–Crippen LogP) is 6.21. The van der Waals surface area contributed by atoms with Gasteiger partial charge in [0, 0.05) is 15.8 Å². The SMILES string of the molecule is Cc1ccc(C2NC(=O)c3sc4nc(C(F)(F)F)cc(-c5cccs5)c4c3N2)cc1. The quantitative estimate of drug-likeness (QED) is 0.386. The molecule has 5 rings (SSSR count). The number of pyridine rings is 1. The minimum Gasteiger partial charge on any atom is -0.360 e. The molecule has 1 unspecified atom stereocenters. The molecule has 4 aromatic rings. The summed E-state index contributed by atoms with van der Waals surface area (Å²) in [6.45, 7) is 1.97. The van der Waals surface area contributed by atoms with Crippen molar-refractivity contribution in [2.75, 3.05) is 5.32 Å². The maximum absolute atomic E-state index is 13.5. The van der Waals surface area contributed by atoms with Gasteiger partial charge in [0.15, 0.2) is 0 Å². The van der Waals surface area contributed by atoms with Crippen LogP contribution in [0.15, 0.2) is 47.8 Å². The Labute approximate surface area is 177 Å². The number of anilines is 1. The summed E-state index contributed by atoms with van der Waals surface area (Å²) in [6, 6.07) is 12.3. The van der Waals surface area contributed by atoms with Crippen LogP contribution in [0.25, 0.3) is 20.7 Å². The molecule has 0 aliphatic carbocycles. The number of nitrogens with zero attached hydrogens (tertiary/aromatic N) is 1. The number of aromatic nitrogens is 1. The largest absolute Gasteiger partial charge is 0.433 e. The first kappa shape index (κ1) is 19.1. The van der Waals surface area contributed by atoms with Gasteiger partial charge in [0.25, 0.3) is 5.91 Å². The third kappa shape index (κ3) is 3.14. The van der Waals surface area contributed by atoms with E-state index in [2.05, 4.69) is 15.6 Å². The summed E-state index contributed by atoms with van der Waals surface area (Å²) in [5.41, 5.74) is 1.93. The Morgan fingerprint density at radius 2 is 1.87 bits per heavy atom. The standard InChI is InChI=1S/C21H14F3N3OS2/c1-10-4-6-11(7-5-10)18-26-16-15-12(13-3-2-8-29-13)9-14(21(22,23)24)25-20(15)30-17(16)19(28)27-18/h2-9,18,26H,1H3,(H,27,28). The van der Waals surface area contributed by atoms with Gasteiger partial charge in [-0.25, -0.2) is 4.98 Å². The van der Waals surface area contributed by atoms with Crippen LogP contribution in [-0.2, 0) is 6.18 Å². The molecule has 0 radical (unpaired) electrons. The van der Waals surface area contributed by atoms with Crippen molar-refractivity contribution in [3.05, 3.63) is 69.5 Å². The smallest absolute Gasteiger partial charge is 0.360 e. The molecule has 1 aliphatic heterocycles. The fourth-order valence-electron chi connectivity index (χ4n) is 3.47. The van der Waals surface area contributed by atoms with Crippen molar-refractivity contribution in [1.82, 2.24) is 10.3 Å². The first-order chi connectivity index (χ1) is 14.3. The molecule has 1 aromatic carbocycles. The summed E-state index contributed by atoms with van der Waals surface area (Å²) >= 11 is 2.31. The van der Waals surface area contributed by atoms with Crippen molar-refractivity contribution in [3.63, 3.8) is 0 Å². The van der Waals surface area contributed by atoms with Gasteiger partial charge < -0.3 is 10.6 Å². The summed E-state index contributed by atoms with van der Waals surface area (Å²) in [6.07, 6.45) is -5.06. The number of nitrogens with one attached hydrogen (secondary N) is 2. The highest BCUT2D eigenvalue weighted by Crippen LogP contribution is 2.46. The van der Waals surface area contributed by atoms with E-state index in [1.54, 1.807) is 12.1 Å². The van der Waals surface area contributed by atoms with Crippen LogP contribution < -0.4 is 10.6 Å². The van der Waals surface area contributed by atoms with Crippen LogP contribution >= 0.6 is 22.7 Å². The molecule has 152 valence electrons. The first-order valence-electron chi connectivity index (χ1n) is 9.04.